The maximum Gasteiger partial charge on any atom is 0.137 e. The van der Waals surface area contributed by atoms with Crippen LogP contribution in [0.5, 0.6) is 0 Å². The summed E-state index contributed by atoms with van der Waals surface area (Å²) in [5, 5.41) is 0. The van der Waals surface area contributed by atoms with Gasteiger partial charge in [-0.25, -0.2) is 0 Å². The van der Waals surface area contributed by atoms with Gasteiger partial charge in [0, 0.05) is 18.5 Å². The third kappa shape index (κ3) is 3.95. The Labute approximate surface area is 120 Å². The van der Waals surface area contributed by atoms with E-state index >= 15 is 0 Å². The van der Waals surface area contributed by atoms with Crippen molar-refractivity contribution in [3.63, 3.8) is 0 Å². The summed E-state index contributed by atoms with van der Waals surface area (Å²) in [6, 6.07) is 14.0. The molecule has 0 aliphatic rings. The standard InChI is InChI=1S/C18H21NO/c1-13-6-7-14(2)16(10-13)12-18(20)9-8-15-4-3-5-17(19)11-15/h3-7,10-11H,8-9,12,19H2,1-2H3. The molecule has 0 radical (unpaired) electrons. The monoisotopic (exact) mass is 267 g/mol. The second-order valence-electron chi connectivity index (χ2n) is 5.39. The van der Waals surface area contributed by atoms with Crippen LogP contribution in [0.2, 0.25) is 0 Å². The Morgan fingerprint density at radius 2 is 1.90 bits per heavy atom. The molecule has 0 unspecified atom stereocenters. The summed E-state index contributed by atoms with van der Waals surface area (Å²) in [6.45, 7) is 4.11. The molecule has 0 aliphatic carbocycles. The van der Waals surface area contributed by atoms with Crippen LogP contribution in [-0.2, 0) is 17.6 Å². The fourth-order valence-electron chi connectivity index (χ4n) is 2.32. The normalized spacial score (nSPS) is 10.5. The minimum atomic E-state index is 0.279. The second kappa shape index (κ2) is 6.38. The highest BCUT2D eigenvalue weighted by molar-refractivity contribution is 5.81. The summed E-state index contributed by atoms with van der Waals surface area (Å²) in [6.07, 6.45) is 1.85. The van der Waals surface area contributed by atoms with Gasteiger partial charge in [0.25, 0.3) is 0 Å². The van der Waals surface area contributed by atoms with Gasteiger partial charge in [-0.3, -0.25) is 4.79 Å². The van der Waals surface area contributed by atoms with Crippen molar-refractivity contribution < 1.29 is 4.79 Å². The highest BCUT2D eigenvalue weighted by Crippen LogP contribution is 2.14. The molecule has 2 aromatic carbocycles. The molecule has 0 aromatic heterocycles. The van der Waals surface area contributed by atoms with Gasteiger partial charge in [-0.15, -0.1) is 0 Å². The molecule has 104 valence electrons. The van der Waals surface area contributed by atoms with Crippen molar-refractivity contribution in [1.29, 1.82) is 0 Å². The number of aryl methyl sites for hydroxylation is 3. The van der Waals surface area contributed by atoms with Crippen molar-refractivity contribution in [2.45, 2.75) is 33.1 Å². The first kappa shape index (κ1) is 14.3. The summed E-state index contributed by atoms with van der Waals surface area (Å²) in [4.78, 5) is 12.1. The van der Waals surface area contributed by atoms with E-state index in [-0.39, 0.29) is 5.78 Å². The topological polar surface area (TPSA) is 43.1 Å². The molecule has 0 aliphatic heterocycles. The fourth-order valence-corrected chi connectivity index (χ4v) is 2.32. The molecule has 0 atom stereocenters. The first-order valence-electron chi connectivity index (χ1n) is 6.97. The van der Waals surface area contributed by atoms with Gasteiger partial charge < -0.3 is 5.73 Å². The van der Waals surface area contributed by atoms with Gasteiger partial charge in [-0.05, 0) is 49.1 Å². The van der Waals surface area contributed by atoms with Crippen LogP contribution in [0.25, 0.3) is 0 Å². The highest BCUT2D eigenvalue weighted by atomic mass is 16.1. The molecule has 2 N–H and O–H groups in total. The summed E-state index contributed by atoms with van der Waals surface area (Å²) < 4.78 is 0. The largest absolute Gasteiger partial charge is 0.399 e. The molecule has 2 heteroatoms. The van der Waals surface area contributed by atoms with Gasteiger partial charge in [0.15, 0.2) is 0 Å². The third-order valence-corrected chi connectivity index (χ3v) is 3.54. The summed E-state index contributed by atoms with van der Waals surface area (Å²) in [5.41, 5.74) is 11.2. The van der Waals surface area contributed by atoms with Crippen LogP contribution >= 0.6 is 0 Å². The summed E-state index contributed by atoms with van der Waals surface area (Å²) >= 11 is 0. The minimum absolute atomic E-state index is 0.279. The Bertz CT molecular complexity index is 617. The maximum atomic E-state index is 12.1. The maximum absolute atomic E-state index is 12.1. The van der Waals surface area contributed by atoms with Crippen molar-refractivity contribution in [3.8, 4) is 0 Å². The van der Waals surface area contributed by atoms with Gasteiger partial charge in [0.2, 0.25) is 0 Å². The lowest BCUT2D eigenvalue weighted by atomic mass is 9.98. The number of benzene rings is 2. The van der Waals surface area contributed by atoms with E-state index in [2.05, 4.69) is 32.0 Å². The number of hydrogen-bond donors (Lipinski definition) is 1. The SMILES string of the molecule is Cc1ccc(C)c(CC(=O)CCc2cccc(N)c2)c1. The van der Waals surface area contributed by atoms with Crippen molar-refractivity contribution >= 4 is 11.5 Å². The zero-order valence-electron chi connectivity index (χ0n) is 12.1. The van der Waals surface area contributed by atoms with E-state index < -0.39 is 0 Å². The number of carbonyl (C=O) groups excluding carboxylic acids is 1. The van der Waals surface area contributed by atoms with Crippen LogP contribution in [0.1, 0.15) is 28.7 Å². The number of hydrogen-bond acceptors (Lipinski definition) is 2. The molecule has 0 bridgehead atoms. The number of carbonyl (C=O) groups is 1. The number of ketones is 1. The Kier molecular flexibility index (Phi) is 4.57. The van der Waals surface area contributed by atoms with Crippen molar-refractivity contribution in [3.05, 3.63) is 64.7 Å². The molecular weight excluding hydrogens is 246 g/mol. The summed E-state index contributed by atoms with van der Waals surface area (Å²) in [5.74, 6) is 0.279. The highest BCUT2D eigenvalue weighted by Gasteiger charge is 2.07. The van der Waals surface area contributed by atoms with Crippen LogP contribution in [0, 0.1) is 13.8 Å². The lowest BCUT2D eigenvalue weighted by Crippen LogP contribution is -2.06. The third-order valence-electron chi connectivity index (χ3n) is 3.54. The molecular formula is C18H21NO. The van der Waals surface area contributed by atoms with E-state index in [0.29, 0.717) is 12.8 Å². The van der Waals surface area contributed by atoms with E-state index in [1.165, 1.54) is 11.1 Å². The van der Waals surface area contributed by atoms with Crippen LogP contribution < -0.4 is 5.73 Å². The minimum Gasteiger partial charge on any atom is -0.399 e. The number of Topliss-reactive ketones (excluding diaryl/α,β-unsaturated/α-hetero) is 1. The average Bonchev–Trinajstić information content (AvgIpc) is 2.41. The molecule has 0 amide bonds. The van der Waals surface area contributed by atoms with Gasteiger partial charge in [0.1, 0.15) is 5.78 Å². The van der Waals surface area contributed by atoms with E-state index in [4.69, 9.17) is 5.73 Å². The molecule has 20 heavy (non-hydrogen) atoms. The number of nitrogens with two attached hydrogens (primary N) is 1. The van der Waals surface area contributed by atoms with Crippen LogP contribution in [-0.4, -0.2) is 5.78 Å². The van der Waals surface area contributed by atoms with E-state index in [1.807, 2.05) is 24.3 Å². The average molecular weight is 267 g/mol. The number of nitrogen functional groups attached to an aromatic ring is 1. The molecule has 0 spiro atoms. The van der Waals surface area contributed by atoms with Gasteiger partial charge in [0.05, 0.1) is 0 Å². The lowest BCUT2D eigenvalue weighted by Gasteiger charge is -2.07. The smallest absolute Gasteiger partial charge is 0.137 e. The van der Waals surface area contributed by atoms with Crippen LogP contribution in [0.4, 0.5) is 5.69 Å². The Morgan fingerprint density at radius 1 is 1.10 bits per heavy atom. The van der Waals surface area contributed by atoms with Gasteiger partial charge >= 0.3 is 0 Å². The fraction of sp³-hybridized carbons (Fsp3) is 0.278. The van der Waals surface area contributed by atoms with Crippen LogP contribution in [0.15, 0.2) is 42.5 Å². The lowest BCUT2D eigenvalue weighted by molar-refractivity contribution is -0.118. The van der Waals surface area contributed by atoms with Gasteiger partial charge in [-0.2, -0.15) is 0 Å². The number of anilines is 1. The van der Waals surface area contributed by atoms with Gasteiger partial charge in [-0.1, -0.05) is 35.9 Å². The van der Waals surface area contributed by atoms with Crippen LogP contribution in [0.3, 0.4) is 0 Å². The Morgan fingerprint density at radius 3 is 2.65 bits per heavy atom. The molecule has 2 aromatic rings. The quantitative estimate of drug-likeness (QED) is 0.841. The summed E-state index contributed by atoms with van der Waals surface area (Å²) in [7, 11) is 0. The first-order chi connectivity index (χ1) is 9.54. The first-order valence-corrected chi connectivity index (χ1v) is 6.97. The predicted molar refractivity (Wildman–Crippen MR) is 83.8 cm³/mol. The van der Waals surface area contributed by atoms with E-state index in [1.54, 1.807) is 0 Å². The van der Waals surface area contributed by atoms with Crippen molar-refractivity contribution in [2.24, 2.45) is 0 Å². The van der Waals surface area contributed by atoms with E-state index in [9.17, 15) is 4.79 Å². The predicted octanol–water partition coefficient (Wildman–Crippen LogP) is 3.63. The molecule has 0 saturated heterocycles. The van der Waals surface area contributed by atoms with Crippen molar-refractivity contribution in [1.82, 2.24) is 0 Å². The number of rotatable bonds is 5. The molecule has 0 heterocycles. The van der Waals surface area contributed by atoms with E-state index in [0.717, 1.165) is 23.2 Å². The molecule has 2 rings (SSSR count). The van der Waals surface area contributed by atoms with Crippen molar-refractivity contribution in [2.75, 3.05) is 5.73 Å². The molecule has 2 nitrogen and oxygen atoms in total. The Hall–Kier alpha value is -2.09. The molecule has 0 saturated carbocycles. The molecule has 0 fully saturated rings. The zero-order chi connectivity index (χ0) is 14.5. The Balaban J connectivity index is 1.94. The second-order valence-corrected chi connectivity index (χ2v) is 5.39. The zero-order valence-corrected chi connectivity index (χ0v) is 12.1.